The van der Waals surface area contributed by atoms with Crippen LogP contribution in [0.3, 0.4) is 0 Å². The van der Waals surface area contributed by atoms with Gasteiger partial charge in [0.2, 0.25) is 0 Å². The SMILES string of the molecule is Cc1c(CCN)c2c(C(=O)O)cccc2n1CCO. The van der Waals surface area contributed by atoms with Crippen molar-refractivity contribution < 1.29 is 15.0 Å². The third-order valence-corrected chi connectivity index (χ3v) is 3.43. The molecule has 0 aliphatic carbocycles. The number of fused-ring (bicyclic) bond motifs is 1. The molecule has 0 aliphatic rings. The molecular weight excluding hydrogens is 244 g/mol. The first-order valence-electron chi connectivity index (χ1n) is 6.26. The molecule has 1 aromatic carbocycles. The smallest absolute Gasteiger partial charge is 0.336 e. The van der Waals surface area contributed by atoms with Gasteiger partial charge in [-0.05, 0) is 37.6 Å². The summed E-state index contributed by atoms with van der Waals surface area (Å²) in [7, 11) is 0. The molecule has 102 valence electrons. The van der Waals surface area contributed by atoms with E-state index in [2.05, 4.69) is 0 Å². The molecule has 0 amide bonds. The Balaban J connectivity index is 2.81. The maximum Gasteiger partial charge on any atom is 0.336 e. The molecule has 19 heavy (non-hydrogen) atoms. The molecule has 5 nitrogen and oxygen atoms in total. The summed E-state index contributed by atoms with van der Waals surface area (Å²) in [4.78, 5) is 11.4. The van der Waals surface area contributed by atoms with Gasteiger partial charge in [-0.2, -0.15) is 0 Å². The van der Waals surface area contributed by atoms with Crippen molar-refractivity contribution in [3.8, 4) is 0 Å². The number of carboxylic acids is 1. The van der Waals surface area contributed by atoms with Crippen molar-refractivity contribution in [2.45, 2.75) is 19.9 Å². The van der Waals surface area contributed by atoms with E-state index in [0.717, 1.165) is 22.2 Å². The quantitative estimate of drug-likeness (QED) is 0.754. The first-order valence-corrected chi connectivity index (χ1v) is 6.26. The van der Waals surface area contributed by atoms with E-state index in [9.17, 15) is 9.90 Å². The van der Waals surface area contributed by atoms with Crippen LogP contribution >= 0.6 is 0 Å². The fourth-order valence-electron chi connectivity index (χ4n) is 2.62. The van der Waals surface area contributed by atoms with Gasteiger partial charge < -0.3 is 20.5 Å². The monoisotopic (exact) mass is 262 g/mol. The van der Waals surface area contributed by atoms with Crippen LogP contribution in [0.4, 0.5) is 0 Å². The molecule has 2 rings (SSSR count). The molecule has 0 fully saturated rings. The van der Waals surface area contributed by atoms with Crippen molar-refractivity contribution in [3.05, 3.63) is 35.0 Å². The third kappa shape index (κ3) is 2.22. The number of hydrogen-bond donors (Lipinski definition) is 3. The molecule has 0 spiro atoms. The van der Waals surface area contributed by atoms with E-state index in [-0.39, 0.29) is 6.61 Å². The maximum atomic E-state index is 11.4. The third-order valence-electron chi connectivity index (χ3n) is 3.43. The molecule has 0 unspecified atom stereocenters. The van der Waals surface area contributed by atoms with Crippen molar-refractivity contribution in [2.75, 3.05) is 13.2 Å². The Hall–Kier alpha value is -1.85. The molecule has 1 aromatic heterocycles. The summed E-state index contributed by atoms with van der Waals surface area (Å²) in [5, 5.41) is 19.2. The Kier molecular flexibility index (Phi) is 3.87. The lowest BCUT2D eigenvalue weighted by Crippen LogP contribution is -2.07. The number of aromatic carboxylic acids is 1. The fourth-order valence-corrected chi connectivity index (χ4v) is 2.62. The number of nitrogens with zero attached hydrogens (tertiary/aromatic N) is 1. The van der Waals surface area contributed by atoms with E-state index in [0.29, 0.717) is 25.1 Å². The van der Waals surface area contributed by atoms with E-state index in [4.69, 9.17) is 10.8 Å². The van der Waals surface area contributed by atoms with E-state index in [1.807, 2.05) is 17.6 Å². The van der Waals surface area contributed by atoms with Crippen molar-refractivity contribution in [1.29, 1.82) is 0 Å². The number of carboxylic acid groups (broad SMARTS) is 1. The number of nitrogens with two attached hydrogens (primary N) is 1. The predicted octanol–water partition coefficient (Wildman–Crippen LogP) is 1.14. The molecule has 5 heteroatoms. The van der Waals surface area contributed by atoms with Gasteiger partial charge in [0.05, 0.1) is 12.2 Å². The van der Waals surface area contributed by atoms with Gasteiger partial charge >= 0.3 is 5.97 Å². The summed E-state index contributed by atoms with van der Waals surface area (Å²) in [6.45, 7) is 2.87. The highest BCUT2D eigenvalue weighted by Gasteiger charge is 2.18. The van der Waals surface area contributed by atoms with Crippen LogP contribution in [0, 0.1) is 6.92 Å². The molecule has 0 atom stereocenters. The molecule has 2 aromatic rings. The Bertz CT molecular complexity index is 617. The van der Waals surface area contributed by atoms with Gasteiger partial charge in [0.1, 0.15) is 0 Å². The topological polar surface area (TPSA) is 88.5 Å². The minimum atomic E-state index is -0.940. The molecule has 0 aliphatic heterocycles. The number of aromatic nitrogens is 1. The van der Waals surface area contributed by atoms with Gasteiger partial charge in [0.25, 0.3) is 0 Å². The van der Waals surface area contributed by atoms with Crippen molar-refractivity contribution in [1.82, 2.24) is 4.57 Å². The maximum absolute atomic E-state index is 11.4. The van der Waals surface area contributed by atoms with E-state index in [1.54, 1.807) is 12.1 Å². The Morgan fingerprint density at radius 3 is 2.74 bits per heavy atom. The molecule has 0 radical (unpaired) electrons. The number of carbonyl (C=O) groups is 1. The van der Waals surface area contributed by atoms with Crippen LogP contribution in [0.1, 0.15) is 21.6 Å². The second-order valence-electron chi connectivity index (χ2n) is 4.48. The zero-order valence-electron chi connectivity index (χ0n) is 10.9. The van der Waals surface area contributed by atoms with Crippen LogP contribution in [0.5, 0.6) is 0 Å². The average molecular weight is 262 g/mol. The Labute approximate surface area is 111 Å². The zero-order valence-corrected chi connectivity index (χ0v) is 10.9. The van der Waals surface area contributed by atoms with Gasteiger partial charge in [-0.1, -0.05) is 6.07 Å². The standard InChI is InChI=1S/C14H18N2O3/c1-9-10(5-6-15)13-11(14(18)19)3-2-4-12(13)16(9)7-8-17/h2-4,17H,5-8,15H2,1H3,(H,18,19). The first-order chi connectivity index (χ1) is 9.11. The number of aliphatic hydroxyl groups is 1. The minimum absolute atomic E-state index is 0.0178. The first kappa shape index (κ1) is 13.6. The van der Waals surface area contributed by atoms with Crippen molar-refractivity contribution in [2.24, 2.45) is 5.73 Å². The summed E-state index contributed by atoms with van der Waals surface area (Å²) in [5.41, 5.74) is 8.70. The van der Waals surface area contributed by atoms with Crippen LogP contribution in [-0.4, -0.2) is 33.9 Å². The normalized spacial score (nSPS) is 11.1. The number of rotatable bonds is 5. The van der Waals surface area contributed by atoms with Crippen LogP contribution in [0.15, 0.2) is 18.2 Å². The van der Waals surface area contributed by atoms with Gasteiger partial charge in [-0.25, -0.2) is 4.79 Å². The average Bonchev–Trinajstić information content (AvgIpc) is 2.65. The van der Waals surface area contributed by atoms with Gasteiger partial charge in [-0.15, -0.1) is 0 Å². The highest BCUT2D eigenvalue weighted by Crippen LogP contribution is 2.29. The van der Waals surface area contributed by atoms with Crippen LogP contribution in [-0.2, 0) is 13.0 Å². The lowest BCUT2D eigenvalue weighted by Gasteiger charge is -2.06. The van der Waals surface area contributed by atoms with Crippen LogP contribution in [0.2, 0.25) is 0 Å². The predicted molar refractivity (Wildman–Crippen MR) is 73.5 cm³/mol. The lowest BCUT2D eigenvalue weighted by atomic mass is 10.0. The molecule has 0 saturated heterocycles. The van der Waals surface area contributed by atoms with E-state index in [1.165, 1.54) is 0 Å². The summed E-state index contributed by atoms with van der Waals surface area (Å²) in [6.07, 6.45) is 0.630. The van der Waals surface area contributed by atoms with Crippen molar-refractivity contribution >= 4 is 16.9 Å². The molecule has 4 N–H and O–H groups in total. The van der Waals surface area contributed by atoms with Crippen LogP contribution in [0.25, 0.3) is 10.9 Å². The van der Waals surface area contributed by atoms with Gasteiger partial charge in [0, 0.05) is 23.1 Å². The molecule has 0 bridgehead atoms. The van der Waals surface area contributed by atoms with E-state index < -0.39 is 5.97 Å². The minimum Gasteiger partial charge on any atom is -0.478 e. The van der Waals surface area contributed by atoms with Gasteiger partial charge in [0.15, 0.2) is 0 Å². The molecule has 1 heterocycles. The van der Waals surface area contributed by atoms with Gasteiger partial charge in [-0.3, -0.25) is 0 Å². The Morgan fingerprint density at radius 1 is 1.42 bits per heavy atom. The summed E-state index contributed by atoms with van der Waals surface area (Å²) < 4.78 is 1.95. The van der Waals surface area contributed by atoms with E-state index >= 15 is 0 Å². The highest BCUT2D eigenvalue weighted by molar-refractivity contribution is 6.05. The molecule has 0 saturated carbocycles. The number of benzene rings is 1. The highest BCUT2D eigenvalue weighted by atomic mass is 16.4. The zero-order chi connectivity index (χ0) is 14.0. The van der Waals surface area contributed by atoms with Crippen molar-refractivity contribution in [3.63, 3.8) is 0 Å². The Morgan fingerprint density at radius 2 is 2.16 bits per heavy atom. The summed E-state index contributed by atoms with van der Waals surface area (Å²) in [5.74, 6) is -0.940. The fraction of sp³-hybridized carbons (Fsp3) is 0.357. The second kappa shape index (κ2) is 5.42. The number of aliphatic hydroxyl groups excluding tert-OH is 1. The lowest BCUT2D eigenvalue weighted by molar-refractivity contribution is 0.0699. The summed E-state index contributed by atoms with van der Waals surface area (Å²) >= 11 is 0. The van der Waals surface area contributed by atoms with Crippen LogP contribution < -0.4 is 5.73 Å². The molecular formula is C14H18N2O3. The largest absolute Gasteiger partial charge is 0.478 e. The number of hydrogen-bond acceptors (Lipinski definition) is 3. The summed E-state index contributed by atoms with van der Waals surface area (Å²) in [6, 6.07) is 5.21. The second-order valence-corrected chi connectivity index (χ2v) is 4.48.